The Bertz CT molecular complexity index is 355. The molecule has 1 nitrogen and oxygen atoms in total. The summed E-state index contributed by atoms with van der Waals surface area (Å²) in [6.07, 6.45) is 10.3. The van der Waals surface area contributed by atoms with E-state index in [1.807, 2.05) is 0 Å². The van der Waals surface area contributed by atoms with Crippen LogP contribution in [0.2, 0.25) is 0 Å². The molecule has 2 heteroatoms. The Kier molecular flexibility index (Phi) is 6.95. The van der Waals surface area contributed by atoms with Crippen molar-refractivity contribution in [2.75, 3.05) is 19.0 Å². The number of aryl methyl sites for hydroxylation is 1. The highest BCUT2D eigenvalue weighted by atomic mass is 32.1. The van der Waals surface area contributed by atoms with E-state index in [0.29, 0.717) is 5.41 Å². The van der Waals surface area contributed by atoms with Gasteiger partial charge in [0.25, 0.3) is 0 Å². The van der Waals surface area contributed by atoms with E-state index < -0.39 is 0 Å². The van der Waals surface area contributed by atoms with Gasteiger partial charge in [0, 0.05) is 12.0 Å². The molecular weight excluding hydrogens is 264 g/mol. The molecule has 20 heavy (non-hydrogen) atoms. The van der Waals surface area contributed by atoms with Gasteiger partial charge < -0.3 is 4.74 Å². The molecular formula is C18H28OS. The van der Waals surface area contributed by atoms with E-state index in [2.05, 4.69) is 43.0 Å². The van der Waals surface area contributed by atoms with Gasteiger partial charge in [-0.1, -0.05) is 56.0 Å². The van der Waals surface area contributed by atoms with Crippen molar-refractivity contribution in [2.45, 2.75) is 51.4 Å². The van der Waals surface area contributed by atoms with Crippen LogP contribution in [0.4, 0.5) is 0 Å². The predicted molar refractivity (Wildman–Crippen MR) is 89.6 cm³/mol. The highest BCUT2D eigenvalue weighted by Gasteiger charge is 2.29. The van der Waals surface area contributed by atoms with Gasteiger partial charge in [-0.3, -0.25) is 0 Å². The second kappa shape index (κ2) is 8.74. The summed E-state index contributed by atoms with van der Waals surface area (Å²) in [4.78, 5) is 0. The van der Waals surface area contributed by atoms with Crippen LogP contribution in [0.5, 0.6) is 0 Å². The van der Waals surface area contributed by atoms with Crippen molar-refractivity contribution in [1.29, 1.82) is 0 Å². The summed E-state index contributed by atoms with van der Waals surface area (Å²) in [5.41, 5.74) is 1.77. The molecule has 1 saturated carbocycles. The van der Waals surface area contributed by atoms with E-state index in [1.54, 1.807) is 0 Å². The molecule has 0 radical (unpaired) electrons. The SMILES string of the molecule is SCC1(COCCCc2ccccc2)CCCCCC1. The molecule has 1 fully saturated rings. The Hall–Kier alpha value is -0.470. The molecule has 0 bridgehead atoms. The lowest BCUT2D eigenvalue weighted by molar-refractivity contribution is 0.0460. The zero-order chi connectivity index (χ0) is 14.1. The van der Waals surface area contributed by atoms with E-state index in [1.165, 1.54) is 44.1 Å². The Morgan fingerprint density at radius 3 is 2.35 bits per heavy atom. The molecule has 0 unspecified atom stereocenters. The fourth-order valence-corrected chi connectivity index (χ4v) is 3.55. The van der Waals surface area contributed by atoms with Crippen molar-refractivity contribution in [3.63, 3.8) is 0 Å². The van der Waals surface area contributed by atoms with Crippen LogP contribution in [0.1, 0.15) is 50.5 Å². The number of hydrogen-bond donors (Lipinski definition) is 1. The molecule has 0 saturated heterocycles. The minimum atomic E-state index is 0.354. The molecule has 0 N–H and O–H groups in total. The summed E-state index contributed by atoms with van der Waals surface area (Å²) in [6.45, 7) is 1.79. The van der Waals surface area contributed by atoms with E-state index >= 15 is 0 Å². The monoisotopic (exact) mass is 292 g/mol. The fourth-order valence-electron chi connectivity index (χ4n) is 3.14. The van der Waals surface area contributed by atoms with Crippen LogP contribution < -0.4 is 0 Å². The first kappa shape index (κ1) is 15.9. The van der Waals surface area contributed by atoms with Crippen LogP contribution in [0, 0.1) is 5.41 Å². The molecule has 1 aliphatic rings. The maximum Gasteiger partial charge on any atom is 0.0530 e. The number of ether oxygens (including phenoxy) is 1. The average molecular weight is 292 g/mol. The van der Waals surface area contributed by atoms with Crippen molar-refractivity contribution in [3.05, 3.63) is 35.9 Å². The van der Waals surface area contributed by atoms with E-state index in [9.17, 15) is 0 Å². The topological polar surface area (TPSA) is 9.23 Å². The summed E-state index contributed by atoms with van der Waals surface area (Å²) in [5.74, 6) is 0.978. The van der Waals surface area contributed by atoms with Gasteiger partial charge in [0.05, 0.1) is 6.61 Å². The Morgan fingerprint density at radius 2 is 1.70 bits per heavy atom. The van der Waals surface area contributed by atoms with Crippen molar-refractivity contribution in [1.82, 2.24) is 0 Å². The van der Waals surface area contributed by atoms with E-state index in [-0.39, 0.29) is 0 Å². The molecule has 0 aliphatic heterocycles. The summed E-state index contributed by atoms with van der Waals surface area (Å²) < 4.78 is 6.00. The quantitative estimate of drug-likeness (QED) is 0.427. The van der Waals surface area contributed by atoms with Crippen LogP contribution in [-0.4, -0.2) is 19.0 Å². The molecule has 0 atom stereocenters. The third-order valence-electron chi connectivity index (χ3n) is 4.50. The highest BCUT2D eigenvalue weighted by Crippen LogP contribution is 2.36. The number of hydrogen-bond acceptors (Lipinski definition) is 2. The Labute approximate surface area is 129 Å². The summed E-state index contributed by atoms with van der Waals surface area (Å²) in [6, 6.07) is 10.7. The molecule has 0 aromatic heterocycles. The van der Waals surface area contributed by atoms with Gasteiger partial charge in [0.15, 0.2) is 0 Å². The predicted octanol–water partition coefficient (Wildman–Crippen LogP) is 4.91. The van der Waals surface area contributed by atoms with Gasteiger partial charge in [-0.05, 0) is 37.0 Å². The molecule has 0 amide bonds. The molecule has 1 aromatic rings. The van der Waals surface area contributed by atoms with E-state index in [0.717, 1.165) is 31.8 Å². The van der Waals surface area contributed by atoms with Crippen molar-refractivity contribution in [3.8, 4) is 0 Å². The summed E-state index contributed by atoms with van der Waals surface area (Å²) in [7, 11) is 0. The van der Waals surface area contributed by atoms with Gasteiger partial charge >= 0.3 is 0 Å². The largest absolute Gasteiger partial charge is 0.381 e. The summed E-state index contributed by atoms with van der Waals surface area (Å²) in [5, 5.41) is 0. The average Bonchev–Trinajstić information content (AvgIpc) is 2.74. The number of rotatable bonds is 7. The first-order chi connectivity index (χ1) is 9.85. The lowest BCUT2D eigenvalue weighted by atomic mass is 9.83. The molecule has 0 heterocycles. The van der Waals surface area contributed by atoms with Crippen molar-refractivity contribution in [2.24, 2.45) is 5.41 Å². The first-order valence-electron chi connectivity index (χ1n) is 8.07. The van der Waals surface area contributed by atoms with Crippen molar-refractivity contribution >= 4 is 12.6 Å². The van der Waals surface area contributed by atoms with Crippen LogP contribution in [-0.2, 0) is 11.2 Å². The van der Waals surface area contributed by atoms with Crippen LogP contribution in [0.25, 0.3) is 0 Å². The normalized spacial score (nSPS) is 18.6. The third-order valence-corrected chi connectivity index (χ3v) is 5.18. The first-order valence-corrected chi connectivity index (χ1v) is 8.70. The lowest BCUT2D eigenvalue weighted by Crippen LogP contribution is -2.28. The van der Waals surface area contributed by atoms with Gasteiger partial charge in [-0.25, -0.2) is 0 Å². The minimum absolute atomic E-state index is 0.354. The zero-order valence-electron chi connectivity index (χ0n) is 12.5. The number of thiol groups is 1. The maximum atomic E-state index is 6.00. The molecule has 2 rings (SSSR count). The highest BCUT2D eigenvalue weighted by molar-refractivity contribution is 7.80. The van der Waals surface area contributed by atoms with Gasteiger partial charge in [-0.2, -0.15) is 12.6 Å². The molecule has 112 valence electrons. The van der Waals surface area contributed by atoms with Crippen molar-refractivity contribution < 1.29 is 4.74 Å². The molecule has 0 spiro atoms. The van der Waals surface area contributed by atoms with Gasteiger partial charge in [0.1, 0.15) is 0 Å². The second-order valence-electron chi connectivity index (χ2n) is 6.21. The molecule has 1 aliphatic carbocycles. The maximum absolute atomic E-state index is 6.00. The Morgan fingerprint density at radius 1 is 1.00 bits per heavy atom. The smallest absolute Gasteiger partial charge is 0.0530 e. The lowest BCUT2D eigenvalue weighted by Gasteiger charge is -2.30. The van der Waals surface area contributed by atoms with Gasteiger partial charge in [0.2, 0.25) is 0 Å². The fraction of sp³-hybridized carbons (Fsp3) is 0.667. The molecule has 1 aromatic carbocycles. The Balaban J connectivity index is 1.66. The summed E-state index contributed by atoms with van der Waals surface area (Å²) >= 11 is 4.60. The minimum Gasteiger partial charge on any atom is -0.381 e. The van der Waals surface area contributed by atoms with Crippen LogP contribution in [0.15, 0.2) is 30.3 Å². The van der Waals surface area contributed by atoms with E-state index in [4.69, 9.17) is 4.74 Å². The van der Waals surface area contributed by atoms with Crippen LogP contribution in [0.3, 0.4) is 0 Å². The number of benzene rings is 1. The van der Waals surface area contributed by atoms with Crippen LogP contribution >= 0.6 is 12.6 Å². The third kappa shape index (κ3) is 5.14. The van der Waals surface area contributed by atoms with Gasteiger partial charge in [-0.15, -0.1) is 0 Å². The second-order valence-corrected chi connectivity index (χ2v) is 6.53. The standard InChI is InChI=1S/C18H28OS/c20-16-18(12-6-1-2-7-13-18)15-19-14-8-11-17-9-4-3-5-10-17/h3-5,9-10,20H,1-2,6-8,11-16H2. The zero-order valence-corrected chi connectivity index (χ0v) is 13.4.